The maximum Gasteiger partial charge on any atom is 0.322 e. The summed E-state index contributed by atoms with van der Waals surface area (Å²) >= 11 is 0. The number of hydrogen-bond donors (Lipinski definition) is 3. The predicted octanol–water partition coefficient (Wildman–Crippen LogP) is -0.0125. The van der Waals surface area contributed by atoms with Gasteiger partial charge in [0.1, 0.15) is 17.3 Å². The van der Waals surface area contributed by atoms with Gasteiger partial charge in [0.15, 0.2) is 0 Å². The lowest BCUT2D eigenvalue weighted by Gasteiger charge is -2.26. The second-order valence-electron chi connectivity index (χ2n) is 6.51. The standard InChI is InChI=1S/C16H19N3O7S/c1-16(14(22)17-15(23)18-16)10-8-9(5-6-12(10)26-2)27(24,25)19-7-3-4-11(19)13(20)21/h5-6,8,11H,3-4,7H2,1-2H3,(H,20,21)(H2,17,18,22,23)/t11-,16?/m1/s1. The fraction of sp³-hybridized carbons (Fsp3) is 0.438. The van der Waals surface area contributed by atoms with E-state index in [1.165, 1.54) is 32.2 Å². The average molecular weight is 397 g/mol. The van der Waals surface area contributed by atoms with Gasteiger partial charge in [0, 0.05) is 12.1 Å². The van der Waals surface area contributed by atoms with Crippen molar-refractivity contribution in [2.24, 2.45) is 0 Å². The summed E-state index contributed by atoms with van der Waals surface area (Å²) in [4.78, 5) is 35.0. The molecular formula is C16H19N3O7S. The predicted molar refractivity (Wildman–Crippen MR) is 91.6 cm³/mol. The number of urea groups is 1. The van der Waals surface area contributed by atoms with Crippen LogP contribution in [0.5, 0.6) is 5.75 Å². The Labute approximate surface area is 155 Å². The summed E-state index contributed by atoms with van der Waals surface area (Å²) in [6.07, 6.45) is 0.670. The molecule has 3 amide bonds. The van der Waals surface area contributed by atoms with Crippen LogP contribution in [0.1, 0.15) is 25.3 Å². The molecule has 1 aromatic rings. The molecule has 2 aliphatic rings. The minimum Gasteiger partial charge on any atom is -0.496 e. The largest absolute Gasteiger partial charge is 0.496 e. The number of carboxylic acid groups (broad SMARTS) is 1. The highest BCUT2D eigenvalue weighted by Crippen LogP contribution is 2.36. The molecule has 1 unspecified atom stereocenters. The number of carbonyl (C=O) groups excluding carboxylic acids is 2. The second-order valence-corrected chi connectivity index (χ2v) is 8.40. The topological polar surface area (TPSA) is 142 Å². The van der Waals surface area contributed by atoms with Gasteiger partial charge in [-0.3, -0.25) is 14.9 Å². The van der Waals surface area contributed by atoms with Gasteiger partial charge in [-0.1, -0.05) is 0 Å². The average Bonchev–Trinajstić information content (AvgIpc) is 3.20. The lowest BCUT2D eigenvalue weighted by atomic mass is 9.91. The normalized spacial score (nSPS) is 25.9. The molecule has 3 N–H and O–H groups in total. The number of nitrogens with one attached hydrogen (secondary N) is 2. The fourth-order valence-electron chi connectivity index (χ4n) is 3.38. The first kappa shape index (κ1) is 19.1. The number of nitrogens with zero attached hydrogens (tertiary/aromatic N) is 1. The van der Waals surface area contributed by atoms with Crippen LogP contribution in [0, 0.1) is 0 Å². The Morgan fingerprint density at radius 1 is 1.37 bits per heavy atom. The summed E-state index contributed by atoms with van der Waals surface area (Å²) in [6.45, 7) is 1.52. The van der Waals surface area contributed by atoms with Crippen molar-refractivity contribution in [1.82, 2.24) is 14.9 Å². The van der Waals surface area contributed by atoms with Gasteiger partial charge in [-0.15, -0.1) is 0 Å². The molecule has 2 saturated heterocycles. The van der Waals surface area contributed by atoms with Crippen LogP contribution in [0.3, 0.4) is 0 Å². The van der Waals surface area contributed by atoms with E-state index in [0.29, 0.717) is 6.42 Å². The minimum absolute atomic E-state index is 0.0924. The van der Waals surface area contributed by atoms with Crippen LogP contribution in [-0.4, -0.2) is 55.4 Å². The number of carboxylic acids is 1. The van der Waals surface area contributed by atoms with Crippen LogP contribution in [-0.2, 0) is 25.2 Å². The number of hydrogen-bond acceptors (Lipinski definition) is 6. The Kier molecular flexibility index (Phi) is 4.60. The molecular weight excluding hydrogens is 378 g/mol. The number of imide groups is 1. The number of benzene rings is 1. The van der Waals surface area contributed by atoms with Crippen molar-refractivity contribution in [3.05, 3.63) is 23.8 Å². The molecule has 0 radical (unpaired) electrons. The molecule has 2 heterocycles. The van der Waals surface area contributed by atoms with Crippen molar-refractivity contribution in [2.45, 2.75) is 36.2 Å². The molecule has 2 atom stereocenters. The highest BCUT2D eigenvalue weighted by atomic mass is 32.2. The number of amides is 3. The summed E-state index contributed by atoms with van der Waals surface area (Å²) < 4.78 is 32.2. The molecule has 0 aliphatic carbocycles. The van der Waals surface area contributed by atoms with E-state index in [1.54, 1.807) is 0 Å². The van der Waals surface area contributed by atoms with Crippen LogP contribution in [0.4, 0.5) is 4.79 Å². The van der Waals surface area contributed by atoms with Gasteiger partial charge in [0.2, 0.25) is 10.0 Å². The first-order valence-corrected chi connectivity index (χ1v) is 9.62. The van der Waals surface area contributed by atoms with Crippen molar-refractivity contribution < 1.29 is 32.6 Å². The second kappa shape index (κ2) is 6.50. The van der Waals surface area contributed by atoms with Gasteiger partial charge in [-0.2, -0.15) is 4.31 Å². The Morgan fingerprint density at radius 3 is 2.63 bits per heavy atom. The third-order valence-electron chi connectivity index (χ3n) is 4.85. The molecule has 0 spiro atoms. The van der Waals surface area contributed by atoms with Gasteiger partial charge in [0.05, 0.1) is 12.0 Å². The van der Waals surface area contributed by atoms with E-state index in [1.807, 2.05) is 0 Å². The van der Waals surface area contributed by atoms with E-state index in [-0.39, 0.29) is 29.2 Å². The van der Waals surface area contributed by atoms with E-state index < -0.39 is 39.5 Å². The lowest BCUT2D eigenvalue weighted by Crippen LogP contribution is -2.42. The van der Waals surface area contributed by atoms with E-state index in [0.717, 1.165) is 4.31 Å². The van der Waals surface area contributed by atoms with Gasteiger partial charge in [-0.05, 0) is 38.0 Å². The number of sulfonamides is 1. The molecule has 146 valence electrons. The molecule has 27 heavy (non-hydrogen) atoms. The van der Waals surface area contributed by atoms with Gasteiger partial charge in [0.25, 0.3) is 5.91 Å². The fourth-order valence-corrected chi connectivity index (χ4v) is 5.06. The molecule has 1 aromatic carbocycles. The number of aliphatic carboxylic acids is 1. The monoisotopic (exact) mass is 397 g/mol. The van der Waals surface area contributed by atoms with Gasteiger partial charge in [-0.25, -0.2) is 13.2 Å². The first-order chi connectivity index (χ1) is 12.6. The molecule has 3 rings (SSSR count). The molecule has 11 heteroatoms. The van der Waals surface area contributed by atoms with E-state index in [4.69, 9.17) is 4.74 Å². The molecule has 10 nitrogen and oxygen atoms in total. The zero-order chi connectivity index (χ0) is 20.0. The number of rotatable bonds is 5. The van der Waals surface area contributed by atoms with Crippen molar-refractivity contribution in [2.75, 3.05) is 13.7 Å². The third kappa shape index (κ3) is 3.02. The zero-order valence-electron chi connectivity index (χ0n) is 14.7. The Hall–Kier alpha value is -2.66. The number of methoxy groups -OCH3 is 1. The Morgan fingerprint density at radius 2 is 2.07 bits per heavy atom. The molecule has 2 fully saturated rings. The summed E-state index contributed by atoms with van der Waals surface area (Å²) in [5, 5.41) is 13.9. The maximum absolute atomic E-state index is 13.0. The number of ether oxygens (including phenoxy) is 1. The quantitative estimate of drug-likeness (QED) is 0.593. The highest BCUT2D eigenvalue weighted by molar-refractivity contribution is 7.89. The van der Waals surface area contributed by atoms with E-state index >= 15 is 0 Å². The van der Waals surface area contributed by atoms with Crippen molar-refractivity contribution in [3.8, 4) is 5.75 Å². The first-order valence-electron chi connectivity index (χ1n) is 8.18. The lowest BCUT2D eigenvalue weighted by molar-refractivity contribution is -0.140. The Balaban J connectivity index is 2.09. The molecule has 0 aromatic heterocycles. The molecule has 2 aliphatic heterocycles. The van der Waals surface area contributed by atoms with Crippen LogP contribution >= 0.6 is 0 Å². The number of carbonyl (C=O) groups is 3. The summed E-state index contributed by atoms with van der Waals surface area (Å²) in [5.74, 6) is -1.64. The van der Waals surface area contributed by atoms with Crippen molar-refractivity contribution in [3.63, 3.8) is 0 Å². The molecule has 0 saturated carbocycles. The van der Waals surface area contributed by atoms with Crippen LogP contribution in [0.25, 0.3) is 0 Å². The summed E-state index contributed by atoms with van der Waals surface area (Å²) in [5.41, 5.74) is -1.37. The van der Waals surface area contributed by atoms with Gasteiger partial charge < -0.3 is 15.2 Å². The SMILES string of the molecule is COc1ccc(S(=O)(=O)N2CCC[C@@H]2C(=O)O)cc1C1(C)NC(=O)NC1=O. The summed E-state index contributed by atoms with van der Waals surface area (Å²) in [7, 11) is -2.76. The molecule has 0 bridgehead atoms. The minimum atomic E-state index is -4.12. The van der Waals surface area contributed by atoms with E-state index in [9.17, 15) is 27.9 Å². The highest BCUT2D eigenvalue weighted by Gasteiger charge is 2.46. The van der Waals surface area contributed by atoms with E-state index in [2.05, 4.69) is 10.6 Å². The van der Waals surface area contributed by atoms with Crippen LogP contribution in [0.2, 0.25) is 0 Å². The van der Waals surface area contributed by atoms with Crippen LogP contribution in [0.15, 0.2) is 23.1 Å². The summed E-state index contributed by atoms with van der Waals surface area (Å²) in [6, 6.07) is 2.05. The van der Waals surface area contributed by atoms with Crippen LogP contribution < -0.4 is 15.4 Å². The van der Waals surface area contributed by atoms with Gasteiger partial charge >= 0.3 is 12.0 Å². The van der Waals surface area contributed by atoms with Crippen molar-refractivity contribution >= 4 is 27.9 Å². The maximum atomic E-state index is 13.0. The smallest absolute Gasteiger partial charge is 0.322 e. The Bertz CT molecular complexity index is 930. The third-order valence-corrected chi connectivity index (χ3v) is 6.75. The van der Waals surface area contributed by atoms with Crippen molar-refractivity contribution in [1.29, 1.82) is 0 Å². The zero-order valence-corrected chi connectivity index (χ0v) is 15.5.